The maximum Gasteiger partial charge on any atom is 0.336 e. The first-order chi connectivity index (χ1) is 9.22. The van der Waals surface area contributed by atoms with Gasteiger partial charge in [0.05, 0.1) is 0 Å². The zero-order valence-electron chi connectivity index (χ0n) is 11.8. The molecule has 1 rings (SSSR count). The summed E-state index contributed by atoms with van der Waals surface area (Å²) in [6.07, 6.45) is 14.6. The highest BCUT2D eigenvalue weighted by molar-refractivity contribution is 5.93. The number of carbonyl (C=O) groups excluding carboxylic acids is 2. The predicted molar refractivity (Wildman–Crippen MR) is 75.5 cm³/mol. The normalized spacial score (nSPS) is 16.1. The van der Waals surface area contributed by atoms with Crippen molar-refractivity contribution in [2.24, 2.45) is 0 Å². The molecule has 0 N–H and O–H groups in total. The Bertz CT molecular complexity index is 353. The predicted octanol–water partition coefficient (Wildman–Crippen LogP) is 4.08. The van der Waals surface area contributed by atoms with E-state index in [0.717, 1.165) is 12.8 Å². The van der Waals surface area contributed by atoms with Gasteiger partial charge in [0.25, 0.3) is 0 Å². The lowest BCUT2D eigenvalue weighted by Crippen LogP contribution is -1.97. The second-order valence-electron chi connectivity index (χ2n) is 4.99. The first-order valence-electron chi connectivity index (χ1n) is 7.37. The molecule has 0 fully saturated rings. The number of unbranched alkanes of at least 4 members (excludes halogenated alkanes) is 7. The average molecular weight is 264 g/mol. The summed E-state index contributed by atoms with van der Waals surface area (Å²) in [5, 5.41) is 0. The second-order valence-corrected chi connectivity index (χ2v) is 4.99. The van der Waals surface area contributed by atoms with Crippen LogP contribution < -0.4 is 0 Å². The summed E-state index contributed by atoms with van der Waals surface area (Å²) < 4.78 is 4.80. The fraction of sp³-hybridized carbons (Fsp3) is 0.625. The van der Waals surface area contributed by atoms with Gasteiger partial charge in [-0.05, 0) is 12.5 Å². The van der Waals surface area contributed by atoms with Gasteiger partial charge >= 0.3 is 5.97 Å². The summed E-state index contributed by atoms with van der Waals surface area (Å²) in [7, 11) is 0. The zero-order chi connectivity index (χ0) is 13.9. The minimum Gasteiger partial charge on any atom is -0.423 e. The Morgan fingerprint density at radius 3 is 2.26 bits per heavy atom. The maximum absolute atomic E-state index is 11.6. The fourth-order valence-corrected chi connectivity index (χ4v) is 2.08. The molecule has 0 aromatic carbocycles. The van der Waals surface area contributed by atoms with Crippen LogP contribution in [0, 0.1) is 0 Å². The quantitative estimate of drug-likeness (QED) is 0.339. The fourth-order valence-electron chi connectivity index (χ4n) is 2.08. The Labute approximate surface area is 115 Å². The second kappa shape index (κ2) is 9.54. The van der Waals surface area contributed by atoms with Gasteiger partial charge in [0.15, 0.2) is 5.78 Å². The number of cyclic esters (lactones) is 1. The molecule has 0 spiro atoms. The van der Waals surface area contributed by atoms with Crippen LogP contribution >= 0.6 is 0 Å². The highest BCUT2D eigenvalue weighted by Gasteiger charge is 2.10. The van der Waals surface area contributed by atoms with Crippen molar-refractivity contribution in [3.8, 4) is 0 Å². The molecule has 0 bridgehead atoms. The largest absolute Gasteiger partial charge is 0.423 e. The first kappa shape index (κ1) is 15.7. The third kappa shape index (κ3) is 7.60. The Hall–Kier alpha value is -1.38. The Morgan fingerprint density at radius 2 is 1.68 bits per heavy atom. The van der Waals surface area contributed by atoms with E-state index in [1.165, 1.54) is 56.8 Å². The molecule has 0 aliphatic carbocycles. The van der Waals surface area contributed by atoms with Crippen molar-refractivity contribution in [2.75, 3.05) is 0 Å². The number of esters is 1. The van der Waals surface area contributed by atoms with E-state index in [-0.39, 0.29) is 5.78 Å². The van der Waals surface area contributed by atoms with Gasteiger partial charge in [-0.25, -0.2) is 4.79 Å². The van der Waals surface area contributed by atoms with Crippen LogP contribution in [0.25, 0.3) is 0 Å². The van der Waals surface area contributed by atoms with Crippen molar-refractivity contribution >= 4 is 11.8 Å². The van der Waals surface area contributed by atoms with E-state index < -0.39 is 5.97 Å². The summed E-state index contributed by atoms with van der Waals surface area (Å²) in [6, 6.07) is 0. The lowest BCUT2D eigenvalue weighted by atomic mass is 10.1. The van der Waals surface area contributed by atoms with Crippen LogP contribution in [0.3, 0.4) is 0 Å². The minimum atomic E-state index is -0.397. The van der Waals surface area contributed by atoms with Crippen LogP contribution in [-0.2, 0) is 14.3 Å². The summed E-state index contributed by atoms with van der Waals surface area (Å²) in [5.74, 6) is 0.0148. The molecule has 0 aromatic rings. The molecule has 1 aliphatic rings. The topological polar surface area (TPSA) is 43.4 Å². The van der Waals surface area contributed by atoms with E-state index in [4.69, 9.17) is 4.74 Å². The molecular weight excluding hydrogens is 240 g/mol. The van der Waals surface area contributed by atoms with E-state index in [0.29, 0.717) is 12.2 Å². The van der Waals surface area contributed by atoms with Crippen molar-refractivity contribution in [2.45, 2.75) is 64.7 Å². The smallest absolute Gasteiger partial charge is 0.336 e. The molecule has 0 unspecified atom stereocenters. The van der Waals surface area contributed by atoms with Gasteiger partial charge in [0.2, 0.25) is 0 Å². The summed E-state index contributed by atoms with van der Waals surface area (Å²) >= 11 is 0. The summed E-state index contributed by atoms with van der Waals surface area (Å²) in [5.41, 5.74) is 0. The van der Waals surface area contributed by atoms with Crippen LogP contribution in [0.5, 0.6) is 0 Å². The summed E-state index contributed by atoms with van der Waals surface area (Å²) in [4.78, 5) is 22.4. The molecule has 19 heavy (non-hydrogen) atoms. The standard InChI is InChI=1S/C16H24O3/c1-2-3-4-5-6-7-8-9-10-14(17)13-15-11-12-16(18)19-15/h11-13H,2-10H2,1H3/b15-13+. The van der Waals surface area contributed by atoms with Crippen LogP contribution in [0.2, 0.25) is 0 Å². The van der Waals surface area contributed by atoms with Crippen molar-refractivity contribution in [1.82, 2.24) is 0 Å². The van der Waals surface area contributed by atoms with E-state index in [1.807, 2.05) is 0 Å². The number of hydrogen-bond donors (Lipinski definition) is 0. The molecule has 0 atom stereocenters. The van der Waals surface area contributed by atoms with Gasteiger partial charge in [-0.1, -0.05) is 51.9 Å². The van der Waals surface area contributed by atoms with Gasteiger partial charge in [0.1, 0.15) is 5.76 Å². The maximum atomic E-state index is 11.6. The molecule has 106 valence electrons. The van der Waals surface area contributed by atoms with Crippen molar-refractivity contribution in [3.05, 3.63) is 24.0 Å². The average Bonchev–Trinajstić information content (AvgIpc) is 2.78. The van der Waals surface area contributed by atoms with Crippen molar-refractivity contribution < 1.29 is 14.3 Å². The highest BCUT2D eigenvalue weighted by atomic mass is 16.5. The third-order valence-electron chi connectivity index (χ3n) is 3.18. The summed E-state index contributed by atoms with van der Waals surface area (Å²) in [6.45, 7) is 2.22. The monoisotopic (exact) mass is 264 g/mol. The molecule has 3 nitrogen and oxygen atoms in total. The van der Waals surface area contributed by atoms with Gasteiger partial charge in [-0.3, -0.25) is 4.79 Å². The Kier molecular flexibility index (Phi) is 7.87. The zero-order valence-corrected chi connectivity index (χ0v) is 11.8. The van der Waals surface area contributed by atoms with Crippen LogP contribution in [0.4, 0.5) is 0 Å². The molecule has 1 heterocycles. The Balaban J connectivity index is 1.99. The molecule has 0 saturated heterocycles. The Morgan fingerprint density at radius 1 is 1.05 bits per heavy atom. The molecule has 3 heteroatoms. The van der Waals surface area contributed by atoms with Crippen molar-refractivity contribution in [1.29, 1.82) is 0 Å². The number of rotatable bonds is 10. The van der Waals surface area contributed by atoms with Gasteiger partial charge < -0.3 is 4.74 Å². The number of carbonyl (C=O) groups is 2. The third-order valence-corrected chi connectivity index (χ3v) is 3.18. The van der Waals surface area contributed by atoms with Crippen LogP contribution in [-0.4, -0.2) is 11.8 Å². The molecular formula is C16H24O3. The number of hydrogen-bond acceptors (Lipinski definition) is 3. The van der Waals surface area contributed by atoms with Crippen LogP contribution in [0.1, 0.15) is 64.7 Å². The van der Waals surface area contributed by atoms with Gasteiger partial charge in [0, 0.05) is 18.6 Å². The van der Waals surface area contributed by atoms with Crippen LogP contribution in [0.15, 0.2) is 24.0 Å². The van der Waals surface area contributed by atoms with E-state index in [9.17, 15) is 9.59 Å². The highest BCUT2D eigenvalue weighted by Crippen LogP contribution is 2.12. The lowest BCUT2D eigenvalue weighted by Gasteiger charge is -2.00. The SMILES string of the molecule is CCCCCCCCCCC(=O)/C=C1\C=CC(=O)O1. The molecule has 1 aliphatic heterocycles. The van der Waals surface area contributed by atoms with E-state index >= 15 is 0 Å². The number of ketones is 1. The molecule has 0 aromatic heterocycles. The van der Waals surface area contributed by atoms with Gasteiger partial charge in [-0.2, -0.15) is 0 Å². The minimum absolute atomic E-state index is 0.0420. The lowest BCUT2D eigenvalue weighted by molar-refractivity contribution is -0.132. The molecule has 0 radical (unpaired) electrons. The number of allylic oxidation sites excluding steroid dienone is 2. The van der Waals surface area contributed by atoms with Crippen molar-refractivity contribution in [3.63, 3.8) is 0 Å². The van der Waals surface area contributed by atoms with E-state index in [1.54, 1.807) is 0 Å². The molecule has 0 amide bonds. The van der Waals surface area contributed by atoms with Gasteiger partial charge in [-0.15, -0.1) is 0 Å². The first-order valence-corrected chi connectivity index (χ1v) is 7.37. The number of ether oxygens (including phenoxy) is 1. The molecule has 0 saturated carbocycles. The van der Waals surface area contributed by atoms with E-state index in [2.05, 4.69) is 6.92 Å².